The van der Waals surface area contributed by atoms with E-state index in [0.717, 1.165) is 0 Å². The normalized spacial score (nSPS) is 23.7. The van der Waals surface area contributed by atoms with Crippen LogP contribution in [0.25, 0.3) is 0 Å². The molecule has 2 N–H and O–H groups in total. The van der Waals surface area contributed by atoms with E-state index in [1.807, 2.05) is 13.8 Å². The number of carbonyl (C=O) groups excluding carboxylic acids is 3. The lowest BCUT2D eigenvalue weighted by atomic mass is 10.0. The molecule has 3 aliphatic heterocycles. The first-order valence-electron chi connectivity index (χ1n) is 11.0. The van der Waals surface area contributed by atoms with Crippen LogP contribution in [0, 0.1) is 0 Å². The predicted molar refractivity (Wildman–Crippen MR) is 115 cm³/mol. The Bertz CT molecular complexity index is 822. The molecule has 0 spiro atoms. The lowest BCUT2D eigenvalue weighted by Crippen LogP contribution is -2.51. The number of urea groups is 1. The number of piperidine rings is 2. The van der Waals surface area contributed by atoms with E-state index < -0.39 is 46.1 Å². The number of amides is 4. The highest BCUT2D eigenvalue weighted by atomic mass is 32.3. The van der Waals surface area contributed by atoms with Gasteiger partial charge in [0, 0.05) is 19.6 Å². The van der Waals surface area contributed by atoms with E-state index in [2.05, 4.69) is 9.76 Å². The van der Waals surface area contributed by atoms with E-state index in [1.165, 1.54) is 4.90 Å². The molecule has 14 heteroatoms. The average molecular weight is 495 g/mol. The number of hydrogen-bond donors (Lipinski definition) is 2. The molecule has 2 atom stereocenters. The Morgan fingerprint density at radius 3 is 2.24 bits per heavy atom. The highest BCUT2D eigenvalue weighted by Gasteiger charge is 2.49. The first-order valence-corrected chi connectivity index (χ1v) is 12.4. The van der Waals surface area contributed by atoms with Gasteiger partial charge in [0.2, 0.25) is 0 Å². The van der Waals surface area contributed by atoms with Crippen molar-refractivity contribution < 1.29 is 41.2 Å². The van der Waals surface area contributed by atoms with Gasteiger partial charge in [0.1, 0.15) is 11.6 Å². The minimum absolute atomic E-state index is 0.0979. The summed E-state index contributed by atoms with van der Waals surface area (Å²) in [5.74, 6) is -0.532. The maximum Gasteiger partial charge on any atom is 0.418 e. The minimum atomic E-state index is -4.85. The Kier molecular flexibility index (Phi) is 8.90. The molecule has 3 fully saturated rings. The van der Waals surface area contributed by atoms with Gasteiger partial charge in [0.15, 0.2) is 0 Å². The molecule has 0 aromatic rings. The number of ether oxygens (including phenoxy) is 1. The van der Waals surface area contributed by atoms with Crippen molar-refractivity contribution in [1.82, 2.24) is 20.3 Å². The second-order valence-corrected chi connectivity index (χ2v) is 9.77. The SMILES string of the molecule is CC.CC(C)(C)OC(=O)N1CCC(ONC(=O)[C@@H]2CCC3CN2C(=O)N3OS(=O)(=O)O)CC1. The van der Waals surface area contributed by atoms with Gasteiger partial charge in [-0.3, -0.25) is 14.2 Å². The van der Waals surface area contributed by atoms with Crippen molar-refractivity contribution in [1.29, 1.82) is 0 Å². The molecule has 3 heterocycles. The molecular formula is C19H34N4O9S. The number of rotatable bonds is 5. The monoisotopic (exact) mass is 494 g/mol. The molecule has 190 valence electrons. The number of hydroxylamine groups is 3. The quantitative estimate of drug-likeness (QED) is 0.427. The van der Waals surface area contributed by atoms with Crippen LogP contribution < -0.4 is 5.48 Å². The van der Waals surface area contributed by atoms with Crippen LogP contribution in [0.3, 0.4) is 0 Å². The van der Waals surface area contributed by atoms with Gasteiger partial charge in [0.25, 0.3) is 5.91 Å². The Morgan fingerprint density at radius 2 is 1.70 bits per heavy atom. The summed E-state index contributed by atoms with van der Waals surface area (Å²) >= 11 is 0. The zero-order valence-corrected chi connectivity index (χ0v) is 20.5. The summed E-state index contributed by atoms with van der Waals surface area (Å²) < 4.78 is 40.4. The van der Waals surface area contributed by atoms with Crippen molar-refractivity contribution in [2.45, 2.75) is 84.1 Å². The number of fused-ring (bicyclic) bond motifs is 2. The maximum atomic E-state index is 12.6. The van der Waals surface area contributed by atoms with Crippen LogP contribution in [0.15, 0.2) is 0 Å². The molecular weight excluding hydrogens is 460 g/mol. The van der Waals surface area contributed by atoms with E-state index in [-0.39, 0.29) is 19.1 Å². The average Bonchev–Trinajstić information content (AvgIpc) is 2.96. The fourth-order valence-electron chi connectivity index (χ4n) is 3.80. The lowest BCUT2D eigenvalue weighted by molar-refractivity contribution is -0.146. The molecule has 0 saturated carbocycles. The standard InChI is InChI=1S/C17H28N4O9S.C2H6/c1-17(2,3)28-16(24)19-8-6-12(7-9-19)29-18-14(22)13-5-4-11-10-20(13)15(23)21(11)30-31(25,26)27;1-2/h11-13H,4-10H2,1-3H3,(H,18,22)(H,25,26,27);1-2H3/t11?,13-;/m0./s1. The number of nitrogens with one attached hydrogen (secondary N) is 1. The van der Waals surface area contributed by atoms with Crippen molar-refractivity contribution in [3.05, 3.63) is 0 Å². The number of nitrogens with zero attached hydrogens (tertiary/aromatic N) is 3. The summed E-state index contributed by atoms with van der Waals surface area (Å²) in [6.45, 7) is 10.3. The molecule has 2 bridgehead atoms. The van der Waals surface area contributed by atoms with E-state index in [1.54, 1.807) is 25.7 Å². The summed E-state index contributed by atoms with van der Waals surface area (Å²) in [4.78, 5) is 45.3. The second kappa shape index (κ2) is 10.8. The van der Waals surface area contributed by atoms with Crippen LogP contribution in [-0.4, -0.2) is 89.3 Å². The lowest BCUT2D eigenvalue weighted by Gasteiger charge is -2.33. The van der Waals surface area contributed by atoms with Crippen LogP contribution in [-0.2, 0) is 29.1 Å². The fraction of sp³-hybridized carbons (Fsp3) is 0.842. The third-order valence-electron chi connectivity index (χ3n) is 5.22. The second-order valence-electron chi connectivity index (χ2n) is 8.76. The van der Waals surface area contributed by atoms with Crippen molar-refractivity contribution in [3.63, 3.8) is 0 Å². The van der Waals surface area contributed by atoms with Crippen LogP contribution in [0.5, 0.6) is 0 Å². The third-order valence-corrected chi connectivity index (χ3v) is 5.57. The number of hydrogen-bond acceptors (Lipinski definition) is 8. The molecule has 3 rings (SSSR count). The van der Waals surface area contributed by atoms with Crippen molar-refractivity contribution in [3.8, 4) is 0 Å². The van der Waals surface area contributed by atoms with Gasteiger partial charge >= 0.3 is 22.5 Å². The molecule has 4 amide bonds. The minimum Gasteiger partial charge on any atom is -0.444 e. The Balaban J connectivity index is 0.00000187. The van der Waals surface area contributed by atoms with Crippen molar-refractivity contribution in [2.75, 3.05) is 19.6 Å². The summed E-state index contributed by atoms with van der Waals surface area (Å²) in [5, 5.41) is 0.579. The van der Waals surface area contributed by atoms with E-state index in [4.69, 9.17) is 14.1 Å². The molecule has 33 heavy (non-hydrogen) atoms. The van der Waals surface area contributed by atoms with Gasteiger partial charge in [-0.15, -0.1) is 4.28 Å². The van der Waals surface area contributed by atoms with Gasteiger partial charge in [-0.1, -0.05) is 13.8 Å². The highest BCUT2D eigenvalue weighted by molar-refractivity contribution is 7.80. The number of likely N-dealkylation sites (tertiary alicyclic amines) is 1. The first-order chi connectivity index (χ1) is 15.3. The van der Waals surface area contributed by atoms with Crippen LogP contribution >= 0.6 is 0 Å². The van der Waals surface area contributed by atoms with Crippen LogP contribution in [0.2, 0.25) is 0 Å². The fourth-order valence-corrected chi connectivity index (χ4v) is 4.18. The Morgan fingerprint density at radius 1 is 1.09 bits per heavy atom. The summed E-state index contributed by atoms with van der Waals surface area (Å²) in [6, 6.07) is -2.23. The smallest absolute Gasteiger partial charge is 0.418 e. The van der Waals surface area contributed by atoms with Crippen LogP contribution in [0.4, 0.5) is 9.59 Å². The zero-order chi connectivity index (χ0) is 25.0. The molecule has 0 aromatic heterocycles. The third kappa shape index (κ3) is 7.42. The molecule has 13 nitrogen and oxygen atoms in total. The summed E-state index contributed by atoms with van der Waals surface area (Å²) in [5.41, 5.74) is 1.80. The van der Waals surface area contributed by atoms with Crippen LogP contribution in [0.1, 0.15) is 60.3 Å². The van der Waals surface area contributed by atoms with Gasteiger partial charge in [-0.05, 0) is 46.5 Å². The summed E-state index contributed by atoms with van der Waals surface area (Å²) in [6.07, 6.45) is 0.928. The first kappa shape index (κ1) is 27.1. The molecule has 3 aliphatic rings. The van der Waals surface area contributed by atoms with Crippen molar-refractivity contribution in [2.24, 2.45) is 0 Å². The molecule has 1 unspecified atom stereocenters. The van der Waals surface area contributed by atoms with Crippen molar-refractivity contribution >= 4 is 28.4 Å². The van der Waals surface area contributed by atoms with E-state index >= 15 is 0 Å². The molecule has 0 radical (unpaired) electrons. The predicted octanol–water partition coefficient (Wildman–Crippen LogP) is 1.46. The van der Waals surface area contributed by atoms with E-state index in [9.17, 15) is 22.8 Å². The molecule has 0 aromatic carbocycles. The Labute approximate surface area is 194 Å². The topological polar surface area (TPSA) is 155 Å². The van der Waals surface area contributed by atoms with Gasteiger partial charge < -0.3 is 14.5 Å². The Hall–Kier alpha value is -2.16. The van der Waals surface area contributed by atoms with Gasteiger partial charge in [-0.2, -0.15) is 13.5 Å². The highest BCUT2D eigenvalue weighted by Crippen LogP contribution is 2.30. The van der Waals surface area contributed by atoms with Gasteiger partial charge in [-0.25, -0.2) is 15.1 Å². The zero-order valence-electron chi connectivity index (χ0n) is 19.6. The largest absolute Gasteiger partial charge is 0.444 e. The molecule has 0 aliphatic carbocycles. The van der Waals surface area contributed by atoms with Gasteiger partial charge in [0.05, 0.1) is 12.1 Å². The number of carbonyl (C=O) groups is 3. The maximum absolute atomic E-state index is 12.6. The summed E-state index contributed by atoms with van der Waals surface area (Å²) in [7, 11) is -4.85. The van der Waals surface area contributed by atoms with E-state index in [0.29, 0.717) is 37.4 Å². The molecule has 3 saturated heterocycles.